The van der Waals surface area contributed by atoms with Crippen molar-refractivity contribution in [3.05, 3.63) is 53.9 Å². The highest BCUT2D eigenvalue weighted by Gasteiger charge is 2.26. The van der Waals surface area contributed by atoms with Gasteiger partial charge in [0.05, 0.1) is 17.6 Å². The molecule has 1 aliphatic carbocycles. The van der Waals surface area contributed by atoms with Gasteiger partial charge in [0, 0.05) is 23.9 Å². The van der Waals surface area contributed by atoms with E-state index in [-0.39, 0.29) is 11.7 Å². The van der Waals surface area contributed by atoms with Gasteiger partial charge in [-0.2, -0.15) is 0 Å². The predicted molar refractivity (Wildman–Crippen MR) is 84.4 cm³/mol. The Morgan fingerprint density at radius 1 is 1.23 bits per heavy atom. The molecule has 3 aromatic rings. The van der Waals surface area contributed by atoms with Gasteiger partial charge in [0.25, 0.3) is 0 Å². The van der Waals surface area contributed by atoms with Crippen LogP contribution in [0.1, 0.15) is 49.8 Å². The van der Waals surface area contributed by atoms with Crippen LogP contribution in [0, 0.1) is 5.82 Å². The van der Waals surface area contributed by atoms with E-state index in [1.165, 1.54) is 18.9 Å². The first-order valence-electron chi connectivity index (χ1n) is 7.76. The molecule has 4 rings (SSSR count). The largest absolute Gasteiger partial charge is 0.303 e. The van der Waals surface area contributed by atoms with Crippen molar-refractivity contribution in [1.82, 2.24) is 14.4 Å². The van der Waals surface area contributed by atoms with Crippen LogP contribution in [-0.2, 0) is 0 Å². The second-order valence-corrected chi connectivity index (χ2v) is 6.37. The van der Waals surface area contributed by atoms with Crippen molar-refractivity contribution in [2.75, 3.05) is 0 Å². The summed E-state index contributed by atoms with van der Waals surface area (Å²) >= 11 is 0. The second kappa shape index (κ2) is 4.90. The van der Waals surface area contributed by atoms with Crippen LogP contribution in [0.25, 0.3) is 16.9 Å². The van der Waals surface area contributed by atoms with Crippen LogP contribution < -0.4 is 0 Å². The number of nitrogens with zero attached hydrogens (tertiary/aromatic N) is 3. The van der Waals surface area contributed by atoms with Gasteiger partial charge in [-0.1, -0.05) is 13.8 Å². The molecule has 1 saturated carbocycles. The maximum absolute atomic E-state index is 13.9. The molecule has 0 aliphatic heterocycles. The lowest BCUT2D eigenvalue weighted by atomic mass is 9.99. The van der Waals surface area contributed by atoms with Gasteiger partial charge in [-0.3, -0.25) is 4.98 Å². The molecule has 0 amide bonds. The number of aromatic nitrogens is 3. The van der Waals surface area contributed by atoms with Gasteiger partial charge < -0.3 is 4.40 Å². The first-order chi connectivity index (χ1) is 10.6. The highest BCUT2D eigenvalue weighted by atomic mass is 19.1. The van der Waals surface area contributed by atoms with Gasteiger partial charge >= 0.3 is 0 Å². The Hall–Kier alpha value is -2.23. The quantitative estimate of drug-likeness (QED) is 0.710. The summed E-state index contributed by atoms with van der Waals surface area (Å²) in [7, 11) is 0. The maximum atomic E-state index is 13.9. The molecule has 3 nitrogen and oxygen atoms in total. The summed E-state index contributed by atoms with van der Waals surface area (Å²) in [5.74, 6) is 0.624. The van der Waals surface area contributed by atoms with Crippen LogP contribution >= 0.6 is 0 Å². The lowest BCUT2D eigenvalue weighted by Gasteiger charge is -2.09. The highest BCUT2D eigenvalue weighted by molar-refractivity contribution is 5.61. The minimum Gasteiger partial charge on any atom is -0.303 e. The van der Waals surface area contributed by atoms with Crippen molar-refractivity contribution >= 4 is 5.65 Å². The zero-order chi connectivity index (χ0) is 15.3. The molecule has 112 valence electrons. The van der Waals surface area contributed by atoms with Crippen molar-refractivity contribution in [3.8, 4) is 11.3 Å². The fourth-order valence-electron chi connectivity index (χ4n) is 2.79. The molecule has 1 fully saturated rings. The first kappa shape index (κ1) is 13.4. The van der Waals surface area contributed by atoms with Crippen LogP contribution in [0.4, 0.5) is 4.39 Å². The molecule has 4 heteroatoms. The smallest absolute Gasteiger partial charge is 0.155 e. The summed E-state index contributed by atoms with van der Waals surface area (Å²) in [5.41, 5.74) is 4.53. The number of hydrogen-bond acceptors (Lipinski definition) is 2. The molecule has 0 radical (unpaired) electrons. The van der Waals surface area contributed by atoms with Crippen LogP contribution in [0.2, 0.25) is 0 Å². The molecule has 22 heavy (non-hydrogen) atoms. The molecule has 0 atom stereocenters. The maximum Gasteiger partial charge on any atom is 0.155 e. The number of benzene rings is 1. The Morgan fingerprint density at radius 3 is 2.77 bits per heavy atom. The molecule has 2 aromatic heterocycles. The van der Waals surface area contributed by atoms with Gasteiger partial charge in [0.15, 0.2) is 5.65 Å². The third-order valence-electron chi connectivity index (χ3n) is 4.27. The normalized spacial score (nSPS) is 14.9. The molecule has 1 aliphatic rings. The third kappa shape index (κ3) is 2.28. The van der Waals surface area contributed by atoms with Crippen LogP contribution in [0.15, 0.2) is 36.8 Å². The van der Waals surface area contributed by atoms with Crippen molar-refractivity contribution < 1.29 is 4.39 Å². The lowest BCUT2D eigenvalue weighted by Crippen LogP contribution is -1.95. The van der Waals surface area contributed by atoms with E-state index in [0.29, 0.717) is 5.92 Å². The predicted octanol–water partition coefficient (Wildman–Crippen LogP) is 4.54. The van der Waals surface area contributed by atoms with Crippen LogP contribution in [-0.4, -0.2) is 14.4 Å². The Kier molecular flexibility index (Phi) is 2.99. The average Bonchev–Trinajstić information content (AvgIpc) is 3.26. The van der Waals surface area contributed by atoms with Gasteiger partial charge in [0.2, 0.25) is 0 Å². The third-order valence-corrected chi connectivity index (χ3v) is 4.27. The van der Waals surface area contributed by atoms with E-state index in [1.807, 2.05) is 30.5 Å². The molecule has 0 unspecified atom stereocenters. The Balaban J connectivity index is 1.78. The molecule has 1 aromatic carbocycles. The van der Waals surface area contributed by atoms with Gasteiger partial charge in [-0.05, 0) is 42.5 Å². The monoisotopic (exact) mass is 295 g/mol. The average molecular weight is 295 g/mol. The Labute approximate surface area is 128 Å². The number of imidazole rings is 1. The van der Waals surface area contributed by atoms with Gasteiger partial charge in [-0.15, -0.1) is 0 Å². The van der Waals surface area contributed by atoms with Gasteiger partial charge in [0.1, 0.15) is 5.82 Å². The van der Waals surface area contributed by atoms with E-state index in [0.717, 1.165) is 28.2 Å². The molecular formula is C18H18FN3. The van der Waals surface area contributed by atoms with Crippen molar-refractivity contribution in [1.29, 1.82) is 0 Å². The lowest BCUT2D eigenvalue weighted by molar-refractivity contribution is 0.598. The number of fused-ring (bicyclic) bond motifs is 1. The highest BCUT2D eigenvalue weighted by Crippen LogP contribution is 2.39. The topological polar surface area (TPSA) is 30.2 Å². The first-order valence-corrected chi connectivity index (χ1v) is 7.76. The van der Waals surface area contributed by atoms with E-state index in [9.17, 15) is 4.39 Å². The minimum atomic E-state index is -0.154. The Morgan fingerprint density at radius 2 is 2.05 bits per heavy atom. The van der Waals surface area contributed by atoms with Crippen molar-refractivity contribution in [3.63, 3.8) is 0 Å². The molecule has 0 saturated heterocycles. The van der Waals surface area contributed by atoms with E-state index >= 15 is 0 Å². The van der Waals surface area contributed by atoms with E-state index in [2.05, 4.69) is 16.2 Å². The Bertz CT molecular complexity index is 847. The summed E-state index contributed by atoms with van der Waals surface area (Å²) < 4.78 is 15.9. The van der Waals surface area contributed by atoms with E-state index in [1.54, 1.807) is 12.3 Å². The zero-order valence-electron chi connectivity index (χ0n) is 12.8. The summed E-state index contributed by atoms with van der Waals surface area (Å²) in [4.78, 5) is 9.10. The summed E-state index contributed by atoms with van der Waals surface area (Å²) in [6.07, 6.45) is 8.33. The van der Waals surface area contributed by atoms with Crippen LogP contribution in [0.3, 0.4) is 0 Å². The zero-order valence-corrected chi connectivity index (χ0v) is 12.8. The molecule has 0 spiro atoms. The fraction of sp³-hybridized carbons (Fsp3) is 0.333. The summed E-state index contributed by atoms with van der Waals surface area (Å²) in [5, 5.41) is 0. The summed E-state index contributed by atoms with van der Waals surface area (Å²) in [6.45, 7) is 3.99. The molecule has 2 heterocycles. The van der Waals surface area contributed by atoms with Crippen LogP contribution in [0.5, 0.6) is 0 Å². The second-order valence-electron chi connectivity index (χ2n) is 6.37. The van der Waals surface area contributed by atoms with Crippen molar-refractivity contribution in [2.45, 2.75) is 38.5 Å². The summed E-state index contributed by atoms with van der Waals surface area (Å²) in [6, 6.07) is 5.21. The fourth-order valence-corrected chi connectivity index (χ4v) is 2.79. The molecular weight excluding hydrogens is 277 g/mol. The standard InChI is InChI=1S/C18H18FN3/c1-11(2)14-7-13(5-6-15(14)19)16-9-22-10-17(12-3-4-12)21-18(22)8-20-16/h5-12H,3-4H2,1-2H3. The van der Waals surface area contributed by atoms with Crippen molar-refractivity contribution in [2.24, 2.45) is 0 Å². The number of halogens is 1. The minimum absolute atomic E-state index is 0.151. The number of rotatable bonds is 3. The van der Waals surface area contributed by atoms with Gasteiger partial charge in [-0.25, -0.2) is 9.37 Å². The van der Waals surface area contributed by atoms with E-state index in [4.69, 9.17) is 0 Å². The molecule has 0 N–H and O–H groups in total. The number of hydrogen-bond donors (Lipinski definition) is 0. The SMILES string of the molecule is CC(C)c1cc(-c2cn3cc(C4CC4)nc3cn2)ccc1F. The van der Waals surface area contributed by atoms with E-state index < -0.39 is 0 Å². The molecule has 0 bridgehead atoms.